The van der Waals surface area contributed by atoms with E-state index in [1.54, 1.807) is 0 Å². The Morgan fingerprint density at radius 1 is 1.31 bits per heavy atom. The third kappa shape index (κ3) is 2.01. The molecule has 94 valence electrons. The molecule has 1 aliphatic carbocycles. The molecule has 3 N–H and O–H groups in total. The topological polar surface area (TPSA) is 41.3 Å². The molecule has 2 rings (SSSR count). The number of rotatable bonds is 5. The maximum absolute atomic E-state index is 5.84. The van der Waals surface area contributed by atoms with Gasteiger partial charge in [0.1, 0.15) is 0 Å². The van der Waals surface area contributed by atoms with E-state index < -0.39 is 0 Å². The van der Waals surface area contributed by atoms with E-state index >= 15 is 0 Å². The molecule has 0 aromatic carbocycles. The summed E-state index contributed by atoms with van der Waals surface area (Å²) in [5.74, 6) is 6.64. The predicted molar refractivity (Wildman–Crippen MR) is 68.0 cm³/mol. The van der Waals surface area contributed by atoms with Gasteiger partial charge in [0.05, 0.1) is 0 Å². The second-order valence-electron chi connectivity index (χ2n) is 5.74. The van der Waals surface area contributed by atoms with Crippen molar-refractivity contribution in [3.8, 4) is 0 Å². The minimum atomic E-state index is 0.260. The van der Waals surface area contributed by atoms with Gasteiger partial charge in [-0.2, -0.15) is 0 Å². The Bertz CT molecular complexity index is 221. The van der Waals surface area contributed by atoms with Gasteiger partial charge in [-0.15, -0.1) is 0 Å². The maximum atomic E-state index is 5.84. The van der Waals surface area contributed by atoms with Crippen LogP contribution >= 0.6 is 0 Å². The molecule has 1 heterocycles. The number of likely N-dealkylation sites (tertiary alicyclic amines) is 1. The van der Waals surface area contributed by atoms with Crippen LogP contribution in [0.15, 0.2) is 0 Å². The van der Waals surface area contributed by atoms with Crippen LogP contribution in [-0.2, 0) is 0 Å². The summed E-state index contributed by atoms with van der Waals surface area (Å²) in [4.78, 5) is 2.66. The largest absolute Gasteiger partial charge is 0.296 e. The van der Waals surface area contributed by atoms with Crippen LogP contribution in [0, 0.1) is 5.92 Å². The van der Waals surface area contributed by atoms with Crippen molar-refractivity contribution >= 4 is 0 Å². The molecular formula is C13H27N3. The maximum Gasteiger partial charge on any atom is 0.0420 e. The Balaban J connectivity index is 2.09. The summed E-state index contributed by atoms with van der Waals surface area (Å²) in [6.45, 7) is 7.23. The van der Waals surface area contributed by atoms with E-state index in [2.05, 4.69) is 24.2 Å². The average molecular weight is 225 g/mol. The summed E-state index contributed by atoms with van der Waals surface area (Å²) in [7, 11) is 0. The molecule has 3 nitrogen and oxygen atoms in total. The molecule has 16 heavy (non-hydrogen) atoms. The van der Waals surface area contributed by atoms with Gasteiger partial charge in [0.2, 0.25) is 0 Å². The lowest BCUT2D eigenvalue weighted by Crippen LogP contribution is -2.63. The van der Waals surface area contributed by atoms with Gasteiger partial charge in [-0.3, -0.25) is 16.2 Å². The van der Waals surface area contributed by atoms with Gasteiger partial charge >= 0.3 is 0 Å². The second kappa shape index (κ2) is 5.03. The third-order valence-corrected chi connectivity index (χ3v) is 5.02. The van der Waals surface area contributed by atoms with Crippen molar-refractivity contribution in [1.29, 1.82) is 0 Å². The molecule has 1 saturated heterocycles. The number of hydrogen-bond acceptors (Lipinski definition) is 3. The Morgan fingerprint density at radius 3 is 2.31 bits per heavy atom. The standard InChI is InChI=1S/C13H27N3/c1-3-13(2,16-9-4-5-10-16)12(15-14)11-7-6-8-11/h11-12,15H,3-10,14H2,1-2H3. The Kier molecular flexibility index (Phi) is 3.88. The van der Waals surface area contributed by atoms with E-state index in [1.165, 1.54) is 51.6 Å². The minimum Gasteiger partial charge on any atom is -0.296 e. The first kappa shape index (κ1) is 12.3. The van der Waals surface area contributed by atoms with Crippen LogP contribution in [0.5, 0.6) is 0 Å². The van der Waals surface area contributed by atoms with Gasteiger partial charge < -0.3 is 0 Å². The van der Waals surface area contributed by atoms with Crippen LogP contribution < -0.4 is 11.3 Å². The molecule has 1 aliphatic heterocycles. The predicted octanol–water partition coefficient (Wildman–Crippen LogP) is 1.88. The van der Waals surface area contributed by atoms with Crippen LogP contribution in [-0.4, -0.2) is 29.6 Å². The van der Waals surface area contributed by atoms with Crippen LogP contribution in [0.1, 0.15) is 52.4 Å². The van der Waals surface area contributed by atoms with E-state index in [1.807, 2.05) is 0 Å². The summed E-state index contributed by atoms with van der Waals surface area (Å²) in [6, 6.07) is 0.476. The molecule has 2 unspecified atom stereocenters. The van der Waals surface area contributed by atoms with E-state index in [4.69, 9.17) is 5.84 Å². The number of nitrogens with zero attached hydrogens (tertiary/aromatic N) is 1. The SMILES string of the molecule is CCC(C)(C(NN)C1CCC1)N1CCCC1. The lowest BCUT2D eigenvalue weighted by atomic mass is 9.71. The average Bonchev–Trinajstić information content (AvgIpc) is 2.75. The van der Waals surface area contributed by atoms with Crippen molar-refractivity contribution in [2.75, 3.05) is 13.1 Å². The van der Waals surface area contributed by atoms with Gasteiger partial charge in [0.15, 0.2) is 0 Å². The normalized spacial score (nSPS) is 28.7. The number of hydrazine groups is 1. The summed E-state index contributed by atoms with van der Waals surface area (Å²) >= 11 is 0. The van der Waals surface area contributed by atoms with Crippen molar-refractivity contribution in [1.82, 2.24) is 10.3 Å². The molecule has 3 heteroatoms. The molecule has 0 amide bonds. The zero-order valence-corrected chi connectivity index (χ0v) is 10.8. The molecule has 2 aliphatic rings. The summed E-state index contributed by atoms with van der Waals surface area (Å²) in [6.07, 6.45) is 8.02. The molecule has 0 aromatic rings. The lowest BCUT2D eigenvalue weighted by Gasteiger charge is -2.49. The number of nitrogens with one attached hydrogen (secondary N) is 1. The minimum absolute atomic E-state index is 0.260. The van der Waals surface area contributed by atoms with Gasteiger partial charge in [-0.05, 0) is 58.0 Å². The van der Waals surface area contributed by atoms with Gasteiger partial charge in [0.25, 0.3) is 0 Å². The zero-order chi connectivity index (χ0) is 11.6. The third-order valence-electron chi connectivity index (χ3n) is 5.02. The van der Waals surface area contributed by atoms with Crippen LogP contribution in [0.2, 0.25) is 0 Å². The first-order valence-electron chi connectivity index (χ1n) is 6.93. The van der Waals surface area contributed by atoms with Crippen LogP contribution in [0.4, 0.5) is 0 Å². The lowest BCUT2D eigenvalue weighted by molar-refractivity contribution is 0.0355. The molecule has 0 radical (unpaired) electrons. The van der Waals surface area contributed by atoms with E-state index in [9.17, 15) is 0 Å². The first-order valence-corrected chi connectivity index (χ1v) is 6.93. The van der Waals surface area contributed by atoms with E-state index in [0.717, 1.165) is 5.92 Å². The van der Waals surface area contributed by atoms with Gasteiger partial charge in [0, 0.05) is 11.6 Å². The highest BCUT2D eigenvalue weighted by atomic mass is 15.3. The number of hydrogen-bond donors (Lipinski definition) is 2. The summed E-state index contributed by atoms with van der Waals surface area (Å²) in [5, 5.41) is 0. The Morgan fingerprint density at radius 2 is 1.94 bits per heavy atom. The highest BCUT2D eigenvalue weighted by Crippen LogP contribution is 2.38. The number of nitrogens with two attached hydrogens (primary N) is 1. The van der Waals surface area contributed by atoms with Crippen molar-refractivity contribution < 1.29 is 0 Å². The molecule has 1 saturated carbocycles. The summed E-state index contributed by atoms with van der Waals surface area (Å²) in [5.41, 5.74) is 3.39. The summed E-state index contributed by atoms with van der Waals surface area (Å²) < 4.78 is 0. The monoisotopic (exact) mass is 225 g/mol. The molecule has 0 spiro atoms. The zero-order valence-electron chi connectivity index (χ0n) is 10.8. The van der Waals surface area contributed by atoms with Crippen LogP contribution in [0.25, 0.3) is 0 Å². The molecule has 2 atom stereocenters. The quantitative estimate of drug-likeness (QED) is 0.554. The van der Waals surface area contributed by atoms with Crippen molar-refractivity contribution in [2.45, 2.75) is 64.0 Å². The van der Waals surface area contributed by atoms with Crippen LogP contribution in [0.3, 0.4) is 0 Å². The van der Waals surface area contributed by atoms with Gasteiger partial charge in [-0.1, -0.05) is 13.3 Å². The smallest absolute Gasteiger partial charge is 0.0420 e. The fourth-order valence-electron chi connectivity index (χ4n) is 3.46. The fourth-order valence-corrected chi connectivity index (χ4v) is 3.46. The van der Waals surface area contributed by atoms with E-state index in [-0.39, 0.29) is 5.54 Å². The highest BCUT2D eigenvalue weighted by molar-refractivity contribution is 5.01. The van der Waals surface area contributed by atoms with Crippen molar-refractivity contribution in [3.05, 3.63) is 0 Å². The van der Waals surface area contributed by atoms with Crippen molar-refractivity contribution in [3.63, 3.8) is 0 Å². The molecule has 0 aromatic heterocycles. The molecule has 2 fully saturated rings. The highest BCUT2D eigenvalue weighted by Gasteiger charge is 2.44. The Labute approximate surface area is 99.7 Å². The van der Waals surface area contributed by atoms with Gasteiger partial charge in [-0.25, -0.2) is 0 Å². The second-order valence-corrected chi connectivity index (χ2v) is 5.74. The first-order chi connectivity index (χ1) is 7.72. The fraction of sp³-hybridized carbons (Fsp3) is 1.00. The molecule has 0 bridgehead atoms. The molecular weight excluding hydrogens is 198 g/mol. The van der Waals surface area contributed by atoms with Crippen molar-refractivity contribution in [2.24, 2.45) is 11.8 Å². The Hall–Kier alpha value is -0.120. The van der Waals surface area contributed by atoms with E-state index in [0.29, 0.717) is 6.04 Å².